The number of benzene rings is 2. The van der Waals surface area contributed by atoms with Gasteiger partial charge in [0.15, 0.2) is 0 Å². The Morgan fingerprint density at radius 3 is 2.21 bits per heavy atom. The molecule has 2 saturated carbocycles. The number of amides is 2. The summed E-state index contributed by atoms with van der Waals surface area (Å²) in [7, 11) is 0. The first kappa shape index (κ1) is 22.4. The van der Waals surface area contributed by atoms with Crippen LogP contribution in [0.3, 0.4) is 0 Å². The molecule has 2 aromatic carbocycles. The topological polar surface area (TPSA) is 105 Å². The molecular weight excluding hydrogens is 432 g/mol. The molecule has 2 unspecified atom stereocenters. The maximum absolute atomic E-state index is 13.1. The van der Waals surface area contributed by atoms with Crippen LogP contribution >= 0.6 is 0 Å². The van der Waals surface area contributed by atoms with E-state index in [0.717, 1.165) is 30.4 Å². The normalized spacial score (nSPS) is 22.2. The Hall–Kier alpha value is -3.35. The van der Waals surface area contributed by atoms with Gasteiger partial charge in [0.05, 0.1) is 0 Å². The molecule has 2 atom stereocenters. The third-order valence-corrected chi connectivity index (χ3v) is 7.67. The maximum atomic E-state index is 13.1. The summed E-state index contributed by atoms with van der Waals surface area (Å²) in [5, 5.41) is 14.9. The lowest BCUT2D eigenvalue weighted by atomic mass is 9.76. The Kier molecular flexibility index (Phi) is 6.02. The molecule has 0 bridgehead atoms. The first-order valence-corrected chi connectivity index (χ1v) is 12.1. The summed E-state index contributed by atoms with van der Waals surface area (Å²) >= 11 is 0. The van der Waals surface area contributed by atoms with Gasteiger partial charge in [0.1, 0.15) is 12.1 Å². The number of carbonyl (C=O) groups excluding carboxylic acids is 2. The monoisotopic (exact) mass is 462 g/mol. The summed E-state index contributed by atoms with van der Waals surface area (Å²) in [6, 6.07) is 16.3. The zero-order valence-electron chi connectivity index (χ0n) is 19.1. The van der Waals surface area contributed by atoms with Gasteiger partial charge >= 0.3 is 12.1 Å². The minimum absolute atomic E-state index is 0.0334. The van der Waals surface area contributed by atoms with Crippen molar-refractivity contribution in [1.82, 2.24) is 10.6 Å². The quantitative estimate of drug-likeness (QED) is 0.572. The molecule has 0 aromatic heterocycles. The van der Waals surface area contributed by atoms with Crippen molar-refractivity contribution in [2.45, 2.75) is 62.4 Å². The average Bonchev–Trinajstić information content (AvgIpc) is 3.36. The molecule has 3 aliphatic rings. The molecule has 7 nitrogen and oxygen atoms in total. The SMILES string of the molecule is O=C(O)CC1CCC(NC(=O)C2(NC(=O)OCC3c4ccccc4-c4ccccc43)CCC2)C1. The molecule has 0 spiro atoms. The van der Waals surface area contributed by atoms with E-state index in [1.54, 1.807) is 0 Å². The smallest absolute Gasteiger partial charge is 0.408 e. The van der Waals surface area contributed by atoms with Crippen molar-refractivity contribution >= 4 is 18.0 Å². The minimum atomic E-state index is -0.937. The summed E-state index contributed by atoms with van der Waals surface area (Å²) < 4.78 is 5.66. The summed E-state index contributed by atoms with van der Waals surface area (Å²) in [6.07, 6.45) is 3.81. The number of alkyl carbamates (subject to hydrolysis) is 1. The molecule has 2 fully saturated rings. The molecule has 0 aliphatic heterocycles. The number of hydrogen-bond acceptors (Lipinski definition) is 4. The first-order chi connectivity index (χ1) is 16.4. The van der Waals surface area contributed by atoms with Gasteiger partial charge in [-0.05, 0) is 66.7 Å². The molecule has 7 heteroatoms. The van der Waals surface area contributed by atoms with E-state index in [1.165, 1.54) is 11.1 Å². The Morgan fingerprint density at radius 2 is 1.62 bits per heavy atom. The molecule has 3 N–H and O–H groups in total. The first-order valence-electron chi connectivity index (χ1n) is 12.1. The second kappa shape index (κ2) is 9.12. The zero-order chi connectivity index (χ0) is 23.7. The Morgan fingerprint density at radius 1 is 0.971 bits per heavy atom. The lowest BCUT2D eigenvalue weighted by Crippen LogP contribution is -2.64. The van der Waals surface area contributed by atoms with Gasteiger partial charge in [0.25, 0.3) is 0 Å². The summed E-state index contributed by atoms with van der Waals surface area (Å²) in [6.45, 7) is 0.205. The standard InChI is InChI=1S/C27H30N2O5/c30-24(31)15-17-10-11-18(14-17)28-25(32)27(12-5-13-27)29-26(33)34-16-23-21-8-3-1-6-19(21)20-7-2-4-9-22(20)23/h1-4,6-9,17-18,23H,5,10-16H2,(H,28,32)(H,29,33)(H,30,31). The molecule has 2 amide bonds. The molecule has 0 saturated heterocycles. The van der Waals surface area contributed by atoms with Gasteiger partial charge in [-0.2, -0.15) is 0 Å². The second-order valence-electron chi connectivity index (χ2n) is 9.83. The number of rotatable bonds is 7. The van der Waals surface area contributed by atoms with Gasteiger partial charge < -0.3 is 20.5 Å². The van der Waals surface area contributed by atoms with Gasteiger partial charge in [-0.3, -0.25) is 9.59 Å². The van der Waals surface area contributed by atoms with Crippen molar-refractivity contribution in [3.8, 4) is 11.1 Å². The fourth-order valence-electron chi connectivity index (χ4n) is 5.73. The van der Waals surface area contributed by atoms with Crippen molar-refractivity contribution in [1.29, 1.82) is 0 Å². The predicted octanol–water partition coefficient (Wildman–Crippen LogP) is 4.21. The fourth-order valence-corrected chi connectivity index (χ4v) is 5.73. The van der Waals surface area contributed by atoms with E-state index in [9.17, 15) is 14.4 Å². The number of carboxylic acids is 1. The van der Waals surface area contributed by atoms with Crippen LogP contribution in [0.1, 0.15) is 62.0 Å². The van der Waals surface area contributed by atoms with Gasteiger partial charge in [-0.1, -0.05) is 48.5 Å². The number of hydrogen-bond donors (Lipinski definition) is 3. The highest BCUT2D eigenvalue weighted by Gasteiger charge is 2.47. The van der Waals surface area contributed by atoms with Gasteiger partial charge in [0.2, 0.25) is 5.91 Å². The highest BCUT2D eigenvalue weighted by atomic mass is 16.5. The van der Waals surface area contributed by atoms with Crippen LogP contribution in [0.5, 0.6) is 0 Å². The molecule has 178 valence electrons. The van der Waals surface area contributed by atoms with Crippen LogP contribution in [0.2, 0.25) is 0 Å². The van der Waals surface area contributed by atoms with Crippen LogP contribution < -0.4 is 10.6 Å². The number of carbonyl (C=O) groups is 3. The number of aliphatic carboxylic acids is 1. The largest absolute Gasteiger partial charge is 0.481 e. The number of carboxylic acid groups (broad SMARTS) is 1. The minimum Gasteiger partial charge on any atom is -0.481 e. The Bertz CT molecular complexity index is 1060. The second-order valence-corrected chi connectivity index (χ2v) is 9.83. The van der Waals surface area contributed by atoms with Gasteiger partial charge in [-0.15, -0.1) is 0 Å². The van der Waals surface area contributed by atoms with Crippen LogP contribution in [0, 0.1) is 5.92 Å². The third-order valence-electron chi connectivity index (χ3n) is 7.67. The number of fused-ring (bicyclic) bond motifs is 3. The highest BCUT2D eigenvalue weighted by Crippen LogP contribution is 2.44. The van der Waals surface area contributed by atoms with Crippen LogP contribution in [-0.2, 0) is 14.3 Å². The summed E-state index contributed by atoms with van der Waals surface area (Å²) in [5.41, 5.74) is 3.68. The van der Waals surface area contributed by atoms with Crippen molar-refractivity contribution in [2.24, 2.45) is 5.92 Å². The number of ether oxygens (including phenoxy) is 1. The van der Waals surface area contributed by atoms with Crippen molar-refractivity contribution in [3.05, 3.63) is 59.7 Å². The molecule has 0 heterocycles. The summed E-state index contributed by atoms with van der Waals surface area (Å²) in [4.78, 5) is 36.8. The zero-order valence-corrected chi connectivity index (χ0v) is 19.1. The van der Waals surface area contributed by atoms with E-state index >= 15 is 0 Å². The summed E-state index contributed by atoms with van der Waals surface area (Å²) in [5.74, 6) is -0.929. The van der Waals surface area contributed by atoms with E-state index in [-0.39, 0.29) is 36.8 Å². The lowest BCUT2D eigenvalue weighted by molar-refractivity contribution is -0.138. The molecule has 34 heavy (non-hydrogen) atoms. The van der Waals surface area contributed by atoms with Crippen molar-refractivity contribution < 1.29 is 24.2 Å². The number of nitrogens with one attached hydrogen (secondary N) is 2. The van der Waals surface area contributed by atoms with Crippen LogP contribution in [-0.4, -0.2) is 41.3 Å². The lowest BCUT2D eigenvalue weighted by Gasteiger charge is -2.41. The predicted molar refractivity (Wildman–Crippen MR) is 126 cm³/mol. The highest BCUT2D eigenvalue weighted by molar-refractivity contribution is 5.91. The molecule has 0 radical (unpaired) electrons. The van der Waals surface area contributed by atoms with Crippen molar-refractivity contribution in [3.63, 3.8) is 0 Å². The molecule has 2 aromatic rings. The van der Waals surface area contributed by atoms with E-state index in [4.69, 9.17) is 9.84 Å². The molecular formula is C27H30N2O5. The van der Waals surface area contributed by atoms with Crippen LogP contribution in [0.4, 0.5) is 4.79 Å². The maximum Gasteiger partial charge on any atom is 0.408 e. The molecule has 5 rings (SSSR count). The molecule has 3 aliphatic carbocycles. The van der Waals surface area contributed by atoms with E-state index in [2.05, 4.69) is 34.9 Å². The van der Waals surface area contributed by atoms with E-state index in [1.807, 2.05) is 24.3 Å². The van der Waals surface area contributed by atoms with Crippen molar-refractivity contribution in [2.75, 3.05) is 6.61 Å². The third kappa shape index (κ3) is 4.27. The van der Waals surface area contributed by atoms with E-state index < -0.39 is 17.6 Å². The fraction of sp³-hybridized carbons (Fsp3) is 0.444. The van der Waals surface area contributed by atoms with Gasteiger partial charge in [0, 0.05) is 18.4 Å². The van der Waals surface area contributed by atoms with Gasteiger partial charge in [-0.25, -0.2) is 4.79 Å². The van der Waals surface area contributed by atoms with E-state index in [0.29, 0.717) is 19.3 Å². The average molecular weight is 463 g/mol. The van der Waals surface area contributed by atoms with Crippen LogP contribution in [0.15, 0.2) is 48.5 Å². The Balaban J connectivity index is 1.19. The van der Waals surface area contributed by atoms with Crippen LogP contribution in [0.25, 0.3) is 11.1 Å². The Labute approximate surface area is 198 Å².